The van der Waals surface area contributed by atoms with Crippen molar-refractivity contribution in [3.63, 3.8) is 0 Å². The first-order valence-corrected chi connectivity index (χ1v) is 14.0. The number of hydrogen-bond acceptors (Lipinski definition) is 7. The number of halogens is 2. The van der Waals surface area contributed by atoms with Crippen molar-refractivity contribution in [3.05, 3.63) is 60.0 Å². The van der Waals surface area contributed by atoms with Gasteiger partial charge in [-0.2, -0.15) is 9.97 Å². The predicted octanol–water partition coefficient (Wildman–Crippen LogP) is 5.67. The monoisotopic (exact) mass is 549 g/mol. The fourth-order valence-corrected chi connectivity index (χ4v) is 6.69. The lowest BCUT2D eigenvalue weighted by Crippen LogP contribution is -2.43. The summed E-state index contributed by atoms with van der Waals surface area (Å²) < 4.78 is 35.9. The molecule has 202 valence electrons. The maximum atomic E-state index is 15.6. The number of amides is 1. The number of benzene rings is 2. The molecule has 2 saturated heterocycles. The minimum absolute atomic E-state index is 0.0213. The molecule has 6 rings (SSSR count). The first-order valence-electron chi connectivity index (χ1n) is 13.2. The van der Waals surface area contributed by atoms with Crippen LogP contribution >= 0.6 is 11.3 Å². The number of hydrogen-bond donors (Lipinski definition) is 2. The Balaban J connectivity index is 1.34. The molecule has 2 N–H and O–H groups in total. The van der Waals surface area contributed by atoms with E-state index in [2.05, 4.69) is 27.1 Å². The molecule has 2 fully saturated rings. The lowest BCUT2D eigenvalue weighted by atomic mass is 9.95. The summed E-state index contributed by atoms with van der Waals surface area (Å²) in [7, 11) is 0. The largest absolute Gasteiger partial charge is 0.461 e. The Morgan fingerprint density at radius 3 is 2.72 bits per heavy atom. The fourth-order valence-electron chi connectivity index (χ4n) is 5.88. The predicted molar refractivity (Wildman–Crippen MR) is 150 cm³/mol. The molecule has 0 bridgehead atoms. The molecule has 0 spiro atoms. The number of thiophene rings is 1. The zero-order valence-electron chi connectivity index (χ0n) is 21.4. The van der Waals surface area contributed by atoms with Gasteiger partial charge in [0.2, 0.25) is 0 Å². The molecule has 7 nitrogen and oxygen atoms in total. The zero-order chi connectivity index (χ0) is 27.0. The van der Waals surface area contributed by atoms with Gasteiger partial charge < -0.3 is 15.4 Å². The van der Waals surface area contributed by atoms with Crippen LogP contribution in [0.1, 0.15) is 25.7 Å². The molecule has 4 aromatic rings. The molecule has 10 heteroatoms. The van der Waals surface area contributed by atoms with Crippen LogP contribution in [0.25, 0.3) is 32.1 Å². The van der Waals surface area contributed by atoms with Crippen LogP contribution in [0.2, 0.25) is 0 Å². The van der Waals surface area contributed by atoms with Gasteiger partial charge in [-0.3, -0.25) is 9.69 Å². The molecule has 4 heterocycles. The number of aromatic nitrogens is 2. The van der Waals surface area contributed by atoms with Gasteiger partial charge in [0.15, 0.2) is 5.83 Å². The molecule has 0 saturated carbocycles. The molecule has 0 atom stereocenters. The summed E-state index contributed by atoms with van der Waals surface area (Å²) in [5, 5.41) is 9.03. The van der Waals surface area contributed by atoms with E-state index in [-0.39, 0.29) is 24.6 Å². The van der Waals surface area contributed by atoms with E-state index >= 15 is 4.39 Å². The van der Waals surface area contributed by atoms with Gasteiger partial charge in [0, 0.05) is 34.1 Å². The standard InChI is InChI=1S/C29H29F2N5O2S/c1-18(30)27(37)33-11-10-32-26-22-15-23(31)21(19-5-2-6-25-20(19)7-14-39-25)16-24(22)34-28(35-26)38-17-29-8-3-12-36(29)13-4-9-29/h2,5-7,14-16H,1,3-4,8-13,17H2,(H,33,37)(H,32,34,35). The van der Waals surface area contributed by atoms with E-state index in [0.717, 1.165) is 54.4 Å². The maximum Gasteiger partial charge on any atom is 0.319 e. The topological polar surface area (TPSA) is 79.4 Å². The van der Waals surface area contributed by atoms with Crippen molar-refractivity contribution in [2.24, 2.45) is 0 Å². The normalized spacial score (nSPS) is 16.5. The Kier molecular flexibility index (Phi) is 6.90. The summed E-state index contributed by atoms with van der Waals surface area (Å²) >= 11 is 1.61. The Bertz CT molecular complexity index is 1560. The van der Waals surface area contributed by atoms with Gasteiger partial charge >= 0.3 is 6.01 Å². The average Bonchev–Trinajstić information content (AvgIpc) is 3.65. The van der Waals surface area contributed by atoms with Crippen molar-refractivity contribution in [2.75, 3.05) is 38.1 Å². The third kappa shape index (κ3) is 4.94. The summed E-state index contributed by atoms with van der Waals surface area (Å²) in [6.45, 7) is 6.03. The second kappa shape index (κ2) is 10.5. The minimum Gasteiger partial charge on any atom is -0.461 e. The number of nitrogens with zero attached hydrogens (tertiary/aromatic N) is 3. The van der Waals surface area contributed by atoms with E-state index in [1.807, 2.05) is 29.6 Å². The smallest absolute Gasteiger partial charge is 0.319 e. The Hall–Kier alpha value is -3.63. The molecule has 2 aliphatic heterocycles. The summed E-state index contributed by atoms with van der Waals surface area (Å²) in [5.41, 5.74) is 1.81. The van der Waals surface area contributed by atoms with E-state index in [1.54, 1.807) is 17.4 Å². The molecule has 2 aromatic carbocycles. The molecule has 0 unspecified atom stereocenters. The number of nitrogens with one attached hydrogen (secondary N) is 2. The van der Waals surface area contributed by atoms with Crippen molar-refractivity contribution >= 4 is 44.1 Å². The first-order chi connectivity index (χ1) is 18.9. The highest BCUT2D eigenvalue weighted by molar-refractivity contribution is 7.17. The molecule has 39 heavy (non-hydrogen) atoms. The quantitative estimate of drug-likeness (QED) is 0.207. The Morgan fingerprint density at radius 1 is 1.10 bits per heavy atom. The van der Waals surface area contributed by atoms with Crippen LogP contribution in [0, 0.1) is 5.82 Å². The molecular formula is C29H29F2N5O2S. The number of ether oxygens (including phenoxy) is 1. The van der Waals surface area contributed by atoms with Crippen molar-refractivity contribution in [3.8, 4) is 17.1 Å². The van der Waals surface area contributed by atoms with E-state index in [1.165, 1.54) is 6.07 Å². The van der Waals surface area contributed by atoms with Gasteiger partial charge in [0.1, 0.15) is 18.2 Å². The molecule has 2 aromatic heterocycles. The number of carbonyl (C=O) groups excluding carboxylic acids is 1. The molecule has 2 aliphatic rings. The molecule has 1 amide bonds. The van der Waals surface area contributed by atoms with Crippen molar-refractivity contribution in [2.45, 2.75) is 31.2 Å². The zero-order valence-corrected chi connectivity index (χ0v) is 22.3. The lowest BCUT2D eigenvalue weighted by molar-refractivity contribution is -0.118. The number of fused-ring (bicyclic) bond motifs is 3. The van der Waals surface area contributed by atoms with Gasteiger partial charge in [0.25, 0.3) is 5.91 Å². The third-order valence-corrected chi connectivity index (χ3v) is 8.66. The second-order valence-corrected chi connectivity index (χ2v) is 11.1. The van der Waals surface area contributed by atoms with Crippen LogP contribution in [0.5, 0.6) is 6.01 Å². The molecule has 0 aliphatic carbocycles. The first kappa shape index (κ1) is 25.6. The minimum atomic E-state index is -1.05. The highest BCUT2D eigenvalue weighted by Gasteiger charge is 2.45. The van der Waals surface area contributed by atoms with Crippen LogP contribution in [0.4, 0.5) is 14.6 Å². The van der Waals surface area contributed by atoms with Crippen molar-refractivity contribution in [1.82, 2.24) is 20.2 Å². The van der Waals surface area contributed by atoms with Crippen LogP contribution in [-0.2, 0) is 4.79 Å². The van der Waals surface area contributed by atoms with Crippen LogP contribution in [-0.4, -0.2) is 59.1 Å². The lowest BCUT2D eigenvalue weighted by Gasteiger charge is -2.31. The Morgan fingerprint density at radius 2 is 1.92 bits per heavy atom. The number of rotatable bonds is 9. The molecular weight excluding hydrogens is 520 g/mol. The summed E-state index contributed by atoms with van der Waals surface area (Å²) in [4.78, 5) is 23.3. The van der Waals surface area contributed by atoms with Crippen LogP contribution in [0.15, 0.2) is 54.2 Å². The third-order valence-electron chi connectivity index (χ3n) is 7.78. The number of anilines is 1. The van der Waals surface area contributed by atoms with E-state index < -0.39 is 17.6 Å². The molecule has 0 radical (unpaired) electrons. The average molecular weight is 550 g/mol. The van der Waals surface area contributed by atoms with Gasteiger partial charge in [-0.15, -0.1) is 11.3 Å². The van der Waals surface area contributed by atoms with Gasteiger partial charge in [0.05, 0.1) is 11.1 Å². The van der Waals surface area contributed by atoms with Crippen molar-refractivity contribution in [1.29, 1.82) is 0 Å². The highest BCUT2D eigenvalue weighted by atomic mass is 32.1. The van der Waals surface area contributed by atoms with E-state index in [9.17, 15) is 9.18 Å². The highest BCUT2D eigenvalue weighted by Crippen LogP contribution is 2.40. The van der Waals surface area contributed by atoms with E-state index in [0.29, 0.717) is 28.9 Å². The van der Waals surface area contributed by atoms with Gasteiger partial charge in [-0.1, -0.05) is 18.7 Å². The number of carbonyl (C=O) groups is 1. The SMILES string of the molecule is C=C(F)C(=O)NCCNc1nc(OCC23CCCN2CCC3)nc2cc(-c3cccc4sccc34)c(F)cc12. The summed E-state index contributed by atoms with van der Waals surface area (Å²) in [6, 6.07) is 11.2. The maximum absolute atomic E-state index is 15.6. The van der Waals surface area contributed by atoms with Crippen LogP contribution < -0.4 is 15.4 Å². The van der Waals surface area contributed by atoms with Gasteiger partial charge in [-0.25, -0.2) is 8.78 Å². The van der Waals surface area contributed by atoms with Crippen molar-refractivity contribution < 1.29 is 18.3 Å². The summed E-state index contributed by atoms with van der Waals surface area (Å²) in [6.07, 6.45) is 4.49. The summed E-state index contributed by atoms with van der Waals surface area (Å²) in [5.74, 6) is -1.94. The Labute approximate surface area is 228 Å². The van der Waals surface area contributed by atoms with Crippen LogP contribution in [0.3, 0.4) is 0 Å². The second-order valence-electron chi connectivity index (χ2n) is 10.1. The fraction of sp³-hybridized carbons (Fsp3) is 0.345. The van der Waals surface area contributed by atoms with Gasteiger partial charge in [-0.05, 0) is 74.0 Å². The van der Waals surface area contributed by atoms with E-state index in [4.69, 9.17) is 9.72 Å².